The highest BCUT2D eigenvalue weighted by atomic mass is 19.4. The second-order valence-corrected chi connectivity index (χ2v) is 3.06. The lowest BCUT2D eigenvalue weighted by atomic mass is 10.3. The van der Waals surface area contributed by atoms with Crippen LogP contribution in [0.2, 0.25) is 0 Å². The first-order valence-electron chi connectivity index (χ1n) is 4.52. The Balaban J connectivity index is 2.03. The van der Waals surface area contributed by atoms with E-state index in [4.69, 9.17) is 0 Å². The summed E-state index contributed by atoms with van der Waals surface area (Å²) in [6.45, 7) is 0. The molecule has 0 atom stereocenters. The molecule has 0 aliphatic heterocycles. The summed E-state index contributed by atoms with van der Waals surface area (Å²) in [7, 11) is 0. The Kier molecular flexibility index (Phi) is 2.86. The highest BCUT2D eigenvalue weighted by Crippen LogP contribution is 2.24. The summed E-state index contributed by atoms with van der Waals surface area (Å²) in [5.74, 6) is 0.192. The predicted molar refractivity (Wildman–Crippen MR) is 52.8 cm³/mol. The van der Waals surface area contributed by atoms with E-state index in [1.807, 2.05) is 0 Å². The molecule has 0 bridgehead atoms. The van der Waals surface area contributed by atoms with Crippen molar-refractivity contribution in [1.29, 1.82) is 0 Å². The Morgan fingerprint density at radius 2 is 1.88 bits per heavy atom. The normalized spacial score (nSPS) is 11.2. The standard InChI is InChI=1S/C9H7F3N4O/c10-9(11,12)17-7-3-1-6(2-4-7)14-8-5-13-16-15-8/h1-5H,(H2,13,14,15,16). The number of anilines is 2. The van der Waals surface area contributed by atoms with Crippen molar-refractivity contribution in [3.05, 3.63) is 30.5 Å². The maximum atomic E-state index is 11.9. The van der Waals surface area contributed by atoms with Gasteiger partial charge in [0, 0.05) is 5.69 Å². The van der Waals surface area contributed by atoms with Gasteiger partial charge in [-0.1, -0.05) is 5.21 Å². The Hall–Kier alpha value is -2.25. The average molecular weight is 244 g/mol. The van der Waals surface area contributed by atoms with Crippen molar-refractivity contribution in [3.63, 3.8) is 0 Å². The maximum absolute atomic E-state index is 11.9. The molecule has 0 unspecified atom stereocenters. The Morgan fingerprint density at radius 3 is 2.41 bits per heavy atom. The van der Waals surface area contributed by atoms with Crippen LogP contribution >= 0.6 is 0 Å². The zero-order valence-electron chi connectivity index (χ0n) is 8.32. The fourth-order valence-electron chi connectivity index (χ4n) is 1.15. The van der Waals surface area contributed by atoms with E-state index in [1.165, 1.54) is 30.5 Å². The fourth-order valence-corrected chi connectivity index (χ4v) is 1.15. The third-order valence-electron chi connectivity index (χ3n) is 1.78. The molecule has 0 aliphatic carbocycles. The smallest absolute Gasteiger partial charge is 0.406 e. The number of alkyl halides is 3. The van der Waals surface area contributed by atoms with E-state index < -0.39 is 6.36 Å². The zero-order valence-corrected chi connectivity index (χ0v) is 8.32. The first-order valence-corrected chi connectivity index (χ1v) is 4.52. The molecular weight excluding hydrogens is 237 g/mol. The number of rotatable bonds is 3. The second-order valence-electron chi connectivity index (χ2n) is 3.06. The molecule has 90 valence electrons. The quantitative estimate of drug-likeness (QED) is 0.870. The molecule has 2 N–H and O–H groups in total. The highest BCUT2D eigenvalue weighted by Gasteiger charge is 2.30. The molecule has 1 aromatic heterocycles. The maximum Gasteiger partial charge on any atom is 0.573 e. The van der Waals surface area contributed by atoms with Crippen LogP contribution in [-0.2, 0) is 0 Å². The minimum Gasteiger partial charge on any atom is -0.406 e. The third-order valence-corrected chi connectivity index (χ3v) is 1.78. The van der Waals surface area contributed by atoms with Gasteiger partial charge in [0.1, 0.15) is 5.75 Å². The molecule has 8 heteroatoms. The summed E-state index contributed by atoms with van der Waals surface area (Å²) < 4.78 is 39.4. The summed E-state index contributed by atoms with van der Waals surface area (Å²) in [6.07, 6.45) is -3.17. The molecule has 2 aromatic rings. The van der Waals surface area contributed by atoms with Gasteiger partial charge in [-0.15, -0.1) is 18.3 Å². The van der Waals surface area contributed by atoms with Gasteiger partial charge < -0.3 is 10.1 Å². The summed E-state index contributed by atoms with van der Waals surface area (Å²) in [5, 5.41) is 12.5. The summed E-state index contributed by atoms with van der Waals surface area (Å²) in [4.78, 5) is 0. The lowest BCUT2D eigenvalue weighted by molar-refractivity contribution is -0.274. The van der Waals surface area contributed by atoms with Crippen LogP contribution in [0.4, 0.5) is 24.7 Å². The molecule has 0 saturated carbocycles. The minimum absolute atomic E-state index is 0.275. The first kappa shape index (κ1) is 11.2. The van der Waals surface area contributed by atoms with Crippen molar-refractivity contribution in [2.45, 2.75) is 6.36 Å². The third kappa shape index (κ3) is 3.37. The number of aromatic nitrogens is 3. The number of hydrogen-bond acceptors (Lipinski definition) is 4. The van der Waals surface area contributed by atoms with Crippen molar-refractivity contribution >= 4 is 11.5 Å². The molecule has 0 radical (unpaired) electrons. The number of aromatic amines is 1. The number of hydrogen-bond donors (Lipinski definition) is 2. The lowest BCUT2D eigenvalue weighted by Gasteiger charge is -2.09. The number of benzene rings is 1. The van der Waals surface area contributed by atoms with E-state index in [1.54, 1.807) is 0 Å². The van der Waals surface area contributed by atoms with Gasteiger partial charge in [-0.2, -0.15) is 0 Å². The van der Waals surface area contributed by atoms with Crippen molar-refractivity contribution in [3.8, 4) is 5.75 Å². The van der Waals surface area contributed by atoms with Gasteiger partial charge in [-0.3, -0.25) is 5.10 Å². The van der Waals surface area contributed by atoms with Gasteiger partial charge in [-0.05, 0) is 24.3 Å². The van der Waals surface area contributed by atoms with Crippen molar-refractivity contribution in [1.82, 2.24) is 15.4 Å². The van der Waals surface area contributed by atoms with E-state index in [-0.39, 0.29) is 5.75 Å². The summed E-state index contributed by atoms with van der Waals surface area (Å²) >= 11 is 0. The van der Waals surface area contributed by atoms with Crippen LogP contribution in [0.15, 0.2) is 30.5 Å². The topological polar surface area (TPSA) is 62.8 Å². The zero-order chi connectivity index (χ0) is 12.3. The minimum atomic E-state index is -4.68. The molecule has 1 heterocycles. The molecular formula is C9H7F3N4O. The molecule has 0 aliphatic rings. The molecule has 17 heavy (non-hydrogen) atoms. The van der Waals surface area contributed by atoms with Crippen molar-refractivity contribution in [2.24, 2.45) is 0 Å². The van der Waals surface area contributed by atoms with E-state index in [2.05, 4.69) is 25.5 Å². The predicted octanol–water partition coefficient (Wildman–Crippen LogP) is 2.45. The van der Waals surface area contributed by atoms with Crippen LogP contribution in [0, 0.1) is 0 Å². The summed E-state index contributed by atoms with van der Waals surface area (Å²) in [6, 6.07) is 5.29. The number of ether oxygens (including phenoxy) is 1. The van der Waals surface area contributed by atoms with Gasteiger partial charge in [0.05, 0.1) is 6.20 Å². The number of halogens is 3. The van der Waals surface area contributed by atoms with Crippen LogP contribution in [0.5, 0.6) is 5.75 Å². The van der Waals surface area contributed by atoms with Crippen LogP contribution in [0.3, 0.4) is 0 Å². The number of H-pyrrole nitrogens is 1. The van der Waals surface area contributed by atoms with E-state index in [9.17, 15) is 13.2 Å². The van der Waals surface area contributed by atoms with Crippen LogP contribution in [0.1, 0.15) is 0 Å². The monoisotopic (exact) mass is 244 g/mol. The number of nitrogens with one attached hydrogen (secondary N) is 2. The molecule has 0 saturated heterocycles. The first-order chi connectivity index (χ1) is 8.03. The van der Waals surface area contributed by atoms with Crippen molar-refractivity contribution in [2.75, 3.05) is 5.32 Å². The van der Waals surface area contributed by atoms with Crippen LogP contribution in [-0.4, -0.2) is 21.8 Å². The molecule has 5 nitrogen and oxygen atoms in total. The average Bonchev–Trinajstić information content (AvgIpc) is 2.71. The molecule has 0 amide bonds. The summed E-state index contributed by atoms with van der Waals surface area (Å²) in [5.41, 5.74) is 0.577. The van der Waals surface area contributed by atoms with Crippen molar-refractivity contribution < 1.29 is 17.9 Å². The Bertz CT molecular complexity index is 466. The SMILES string of the molecule is FC(F)(F)Oc1ccc(Nc2c[nH]nn2)cc1. The van der Waals surface area contributed by atoms with Gasteiger partial charge in [0.25, 0.3) is 0 Å². The van der Waals surface area contributed by atoms with Crippen LogP contribution in [0.25, 0.3) is 0 Å². The molecule has 0 spiro atoms. The van der Waals surface area contributed by atoms with E-state index >= 15 is 0 Å². The lowest BCUT2D eigenvalue weighted by Crippen LogP contribution is -2.16. The van der Waals surface area contributed by atoms with Gasteiger partial charge in [0.2, 0.25) is 0 Å². The fraction of sp³-hybridized carbons (Fsp3) is 0.111. The molecule has 2 rings (SSSR count). The molecule has 0 fully saturated rings. The van der Waals surface area contributed by atoms with Gasteiger partial charge in [0.15, 0.2) is 5.82 Å². The largest absolute Gasteiger partial charge is 0.573 e. The Labute approximate surface area is 93.6 Å². The van der Waals surface area contributed by atoms with Gasteiger partial charge >= 0.3 is 6.36 Å². The van der Waals surface area contributed by atoms with E-state index in [0.717, 1.165) is 0 Å². The van der Waals surface area contributed by atoms with Crippen LogP contribution < -0.4 is 10.1 Å². The number of nitrogens with zero attached hydrogens (tertiary/aromatic N) is 2. The Morgan fingerprint density at radius 1 is 1.18 bits per heavy atom. The van der Waals surface area contributed by atoms with E-state index in [0.29, 0.717) is 11.5 Å². The highest BCUT2D eigenvalue weighted by molar-refractivity contribution is 5.55. The van der Waals surface area contributed by atoms with Gasteiger partial charge in [-0.25, -0.2) is 0 Å². The molecule has 1 aromatic carbocycles. The second kappa shape index (κ2) is 4.32.